The summed E-state index contributed by atoms with van der Waals surface area (Å²) in [6.45, 7) is 21.5. The predicted octanol–water partition coefficient (Wildman–Crippen LogP) is 4.04. The van der Waals surface area contributed by atoms with Crippen molar-refractivity contribution < 1.29 is 9.59 Å². The third-order valence-corrected chi connectivity index (χ3v) is 1.77. The topological polar surface area (TPSA) is 58.2 Å². The Labute approximate surface area is 134 Å². The molecule has 0 heterocycles. The van der Waals surface area contributed by atoms with Gasteiger partial charge in [0.15, 0.2) is 0 Å². The van der Waals surface area contributed by atoms with Crippen LogP contribution in [0.2, 0.25) is 0 Å². The number of carbonyl (C=O) groups excluding carboxylic acids is 2. The summed E-state index contributed by atoms with van der Waals surface area (Å²) in [5.74, 6) is 0.0663. The Kier molecular flexibility index (Phi) is 48.2. The maximum absolute atomic E-state index is 11.4. The van der Waals surface area contributed by atoms with Crippen molar-refractivity contribution in [2.24, 2.45) is 5.92 Å². The maximum Gasteiger partial charge on any atom is 0.237 e. The van der Waals surface area contributed by atoms with Gasteiger partial charge in [-0.3, -0.25) is 9.59 Å². The molecule has 4 nitrogen and oxygen atoms in total. The molecular weight excluding hydrogens is 264 g/mol. The van der Waals surface area contributed by atoms with Gasteiger partial charge in [-0.2, -0.15) is 0 Å². The number of hydrogen-bond donors (Lipinski definition) is 2. The van der Waals surface area contributed by atoms with E-state index in [-0.39, 0.29) is 30.2 Å². The molecular formula is C17H42N2O2. The molecule has 0 aliphatic rings. The molecule has 0 bridgehead atoms. The molecule has 0 spiro atoms. The van der Waals surface area contributed by atoms with Crippen LogP contribution in [-0.4, -0.2) is 31.3 Å². The van der Waals surface area contributed by atoms with Gasteiger partial charge in [-0.05, 0) is 19.9 Å². The highest BCUT2D eigenvalue weighted by Crippen LogP contribution is 2.00. The molecule has 4 heteroatoms. The fourth-order valence-electron chi connectivity index (χ4n) is 1.09. The number of rotatable bonds is 5. The Morgan fingerprint density at radius 1 is 0.857 bits per heavy atom. The van der Waals surface area contributed by atoms with Gasteiger partial charge in [0.25, 0.3) is 0 Å². The van der Waals surface area contributed by atoms with Crippen molar-refractivity contribution in [3.8, 4) is 0 Å². The number of ketones is 1. The zero-order valence-electron chi connectivity index (χ0n) is 16.7. The Hall–Kier alpha value is -0.900. The predicted molar refractivity (Wildman–Crippen MR) is 96.8 cm³/mol. The van der Waals surface area contributed by atoms with Crippen LogP contribution < -0.4 is 10.6 Å². The first-order valence-corrected chi connectivity index (χ1v) is 8.43. The normalized spacial score (nSPS) is 9.00. The average Bonchev–Trinajstić information content (AvgIpc) is 2.53. The van der Waals surface area contributed by atoms with Crippen LogP contribution in [-0.2, 0) is 9.59 Å². The number of carbonyl (C=O) groups is 2. The lowest BCUT2D eigenvalue weighted by Gasteiger charge is -2.18. The molecule has 0 saturated carbocycles. The van der Waals surface area contributed by atoms with E-state index in [1.54, 1.807) is 7.05 Å². The summed E-state index contributed by atoms with van der Waals surface area (Å²) in [4.78, 5) is 22.0. The van der Waals surface area contributed by atoms with Gasteiger partial charge in [-0.1, -0.05) is 69.2 Å². The number of Topliss-reactive ketones (excluding diaryl/α,β-unsaturated/α-hetero) is 1. The molecule has 0 fully saturated rings. The summed E-state index contributed by atoms with van der Waals surface area (Å²) in [6.07, 6.45) is 0. The van der Waals surface area contributed by atoms with Gasteiger partial charge in [-0.25, -0.2) is 0 Å². The maximum atomic E-state index is 11.4. The number of amides is 1. The lowest BCUT2D eigenvalue weighted by Crippen LogP contribution is -2.46. The van der Waals surface area contributed by atoms with E-state index in [4.69, 9.17) is 0 Å². The minimum Gasteiger partial charge on any atom is -0.348 e. The van der Waals surface area contributed by atoms with E-state index < -0.39 is 0 Å². The standard InChI is InChI=1S/C9H18N2O2.4C2H6/c1-6(2)8(10-4)9(13)11-5-7(3)12;4*1-2/h6,8,10H,5H2,1-4H3,(H,11,13);4*1-2H3. The zero-order valence-corrected chi connectivity index (χ0v) is 16.7. The second-order valence-corrected chi connectivity index (χ2v) is 3.43. The second kappa shape index (κ2) is 31.5. The largest absolute Gasteiger partial charge is 0.348 e. The van der Waals surface area contributed by atoms with Crippen LogP contribution in [0.15, 0.2) is 0 Å². The van der Waals surface area contributed by atoms with E-state index in [9.17, 15) is 9.59 Å². The van der Waals surface area contributed by atoms with Gasteiger partial charge in [0, 0.05) is 0 Å². The molecule has 1 amide bonds. The summed E-state index contributed by atoms with van der Waals surface area (Å²) in [5.41, 5.74) is 0. The highest BCUT2D eigenvalue weighted by atomic mass is 16.2. The van der Waals surface area contributed by atoms with Crippen molar-refractivity contribution in [2.75, 3.05) is 13.6 Å². The summed E-state index contributed by atoms with van der Waals surface area (Å²) >= 11 is 0. The molecule has 21 heavy (non-hydrogen) atoms. The van der Waals surface area contributed by atoms with Crippen LogP contribution in [0, 0.1) is 5.92 Å². The molecule has 1 unspecified atom stereocenters. The summed E-state index contributed by atoms with van der Waals surface area (Å²) in [6, 6.07) is -0.223. The monoisotopic (exact) mass is 306 g/mol. The quantitative estimate of drug-likeness (QED) is 0.806. The van der Waals surface area contributed by atoms with Gasteiger partial charge >= 0.3 is 0 Å². The molecule has 1 atom stereocenters. The van der Waals surface area contributed by atoms with E-state index in [0.717, 1.165) is 0 Å². The number of nitrogens with one attached hydrogen (secondary N) is 2. The van der Waals surface area contributed by atoms with Crippen LogP contribution in [0.3, 0.4) is 0 Å². The summed E-state index contributed by atoms with van der Waals surface area (Å²) in [5, 5.41) is 5.47. The minimum atomic E-state index is -0.223. The fourth-order valence-corrected chi connectivity index (χ4v) is 1.09. The third kappa shape index (κ3) is 28.1. The highest BCUT2D eigenvalue weighted by Gasteiger charge is 2.19. The highest BCUT2D eigenvalue weighted by molar-refractivity contribution is 5.87. The Bertz CT molecular complexity index is 193. The van der Waals surface area contributed by atoms with Crippen molar-refractivity contribution in [3.05, 3.63) is 0 Å². The van der Waals surface area contributed by atoms with E-state index in [2.05, 4.69) is 10.6 Å². The molecule has 0 aromatic rings. The number of likely N-dealkylation sites (N-methyl/N-ethyl adjacent to an activating group) is 1. The zero-order chi connectivity index (χ0) is 18.4. The first kappa shape index (κ1) is 32.2. The molecule has 0 aromatic carbocycles. The first-order chi connectivity index (χ1) is 9.99. The Balaban J connectivity index is -0.0000000912. The van der Waals surface area contributed by atoms with Crippen molar-refractivity contribution in [3.63, 3.8) is 0 Å². The van der Waals surface area contributed by atoms with Crippen molar-refractivity contribution in [1.29, 1.82) is 0 Å². The molecule has 0 rings (SSSR count). The van der Waals surface area contributed by atoms with E-state index in [0.29, 0.717) is 0 Å². The smallest absolute Gasteiger partial charge is 0.237 e. The Morgan fingerprint density at radius 2 is 1.19 bits per heavy atom. The average molecular weight is 307 g/mol. The van der Waals surface area contributed by atoms with Crippen molar-refractivity contribution >= 4 is 11.7 Å². The lowest BCUT2D eigenvalue weighted by atomic mass is 10.0. The third-order valence-electron chi connectivity index (χ3n) is 1.77. The molecule has 0 aliphatic heterocycles. The molecule has 2 N–H and O–H groups in total. The molecule has 0 radical (unpaired) electrons. The van der Waals surface area contributed by atoms with Gasteiger partial charge in [-0.15, -0.1) is 0 Å². The molecule has 0 saturated heterocycles. The Morgan fingerprint density at radius 3 is 1.38 bits per heavy atom. The molecule has 0 aromatic heterocycles. The van der Waals surface area contributed by atoms with Gasteiger partial charge in [0.05, 0.1) is 12.6 Å². The van der Waals surface area contributed by atoms with Gasteiger partial charge < -0.3 is 10.6 Å². The molecule has 132 valence electrons. The first-order valence-electron chi connectivity index (χ1n) is 8.43. The van der Waals surface area contributed by atoms with Crippen LogP contribution >= 0.6 is 0 Å². The lowest BCUT2D eigenvalue weighted by molar-refractivity contribution is -0.126. The summed E-state index contributed by atoms with van der Waals surface area (Å²) < 4.78 is 0. The van der Waals surface area contributed by atoms with Crippen LogP contribution in [0.4, 0.5) is 0 Å². The van der Waals surface area contributed by atoms with Gasteiger partial charge in [0.2, 0.25) is 5.91 Å². The van der Waals surface area contributed by atoms with E-state index in [1.807, 2.05) is 69.2 Å². The van der Waals surface area contributed by atoms with Crippen LogP contribution in [0.25, 0.3) is 0 Å². The van der Waals surface area contributed by atoms with E-state index in [1.165, 1.54) is 6.92 Å². The van der Waals surface area contributed by atoms with Crippen molar-refractivity contribution in [1.82, 2.24) is 10.6 Å². The fraction of sp³-hybridized carbons (Fsp3) is 0.882. The van der Waals surface area contributed by atoms with Crippen LogP contribution in [0.5, 0.6) is 0 Å². The minimum absolute atomic E-state index is 0.0352. The molecule has 0 aliphatic carbocycles. The second-order valence-electron chi connectivity index (χ2n) is 3.43. The van der Waals surface area contributed by atoms with E-state index >= 15 is 0 Å². The summed E-state index contributed by atoms with van der Waals surface area (Å²) in [7, 11) is 1.73. The van der Waals surface area contributed by atoms with Crippen LogP contribution in [0.1, 0.15) is 76.2 Å². The SMILES string of the molecule is CC.CC.CC.CC.CNC(C(=O)NCC(C)=O)C(C)C. The number of hydrogen-bond acceptors (Lipinski definition) is 3. The van der Waals surface area contributed by atoms with Gasteiger partial charge in [0.1, 0.15) is 5.78 Å². The van der Waals surface area contributed by atoms with Crippen molar-refractivity contribution in [2.45, 2.75) is 82.2 Å².